The molecule has 0 unspecified atom stereocenters. The molecule has 1 aliphatic heterocycles. The molecule has 0 bridgehead atoms. The number of benzene rings is 1. The summed E-state index contributed by atoms with van der Waals surface area (Å²) in [6.45, 7) is 4.54. The number of nitrogens with one attached hydrogen (secondary N) is 1. The van der Waals surface area contributed by atoms with E-state index in [1.54, 1.807) is 30.9 Å². The maximum absolute atomic E-state index is 12.8. The molecule has 1 saturated heterocycles. The van der Waals surface area contributed by atoms with Crippen LogP contribution in [0.4, 0.5) is 4.39 Å². The average Bonchev–Trinajstić information content (AvgIpc) is 2.44. The van der Waals surface area contributed by atoms with Gasteiger partial charge >= 0.3 is 0 Å². The van der Waals surface area contributed by atoms with Gasteiger partial charge in [-0.25, -0.2) is 4.39 Å². The van der Waals surface area contributed by atoms with Crippen molar-refractivity contribution in [2.24, 2.45) is 0 Å². The maximum atomic E-state index is 12.8. The van der Waals surface area contributed by atoms with Crippen molar-refractivity contribution in [2.45, 2.75) is 25.1 Å². The number of halogens is 1. The van der Waals surface area contributed by atoms with Gasteiger partial charge in [-0.1, -0.05) is 12.1 Å². The van der Waals surface area contributed by atoms with Crippen LogP contribution in [0.1, 0.15) is 19.4 Å². The standard InChI is InChI=1S/C15H19FN2O2S/c1-15(2)14(20)17-7-8-18(15)13(19)10-21-9-11-3-5-12(16)6-4-11/h3-6H,7-10H2,1-2H3,(H,17,20). The molecule has 2 rings (SSSR count). The van der Waals surface area contributed by atoms with Crippen molar-refractivity contribution in [1.82, 2.24) is 10.2 Å². The van der Waals surface area contributed by atoms with Gasteiger partial charge in [-0.05, 0) is 31.5 Å². The second-order valence-electron chi connectivity index (χ2n) is 5.48. The SMILES string of the molecule is CC1(C)C(=O)NCCN1C(=O)CSCc1ccc(F)cc1. The second-order valence-corrected chi connectivity index (χ2v) is 6.47. The monoisotopic (exact) mass is 310 g/mol. The predicted molar refractivity (Wildman–Crippen MR) is 81.4 cm³/mol. The number of piperazine rings is 1. The molecule has 6 heteroatoms. The van der Waals surface area contributed by atoms with Crippen LogP contribution in [0, 0.1) is 5.82 Å². The molecule has 1 aromatic rings. The molecule has 0 radical (unpaired) electrons. The lowest BCUT2D eigenvalue weighted by Gasteiger charge is -2.41. The van der Waals surface area contributed by atoms with Crippen LogP contribution < -0.4 is 5.32 Å². The zero-order valence-corrected chi connectivity index (χ0v) is 13.0. The first kappa shape index (κ1) is 15.8. The van der Waals surface area contributed by atoms with Crippen LogP contribution in [0.5, 0.6) is 0 Å². The van der Waals surface area contributed by atoms with E-state index >= 15 is 0 Å². The third-order valence-electron chi connectivity index (χ3n) is 3.56. The summed E-state index contributed by atoms with van der Waals surface area (Å²) in [6.07, 6.45) is 0. The molecule has 2 amide bonds. The molecule has 1 heterocycles. The van der Waals surface area contributed by atoms with E-state index in [0.717, 1.165) is 5.56 Å². The molecule has 0 atom stereocenters. The van der Waals surface area contributed by atoms with Gasteiger partial charge in [-0.15, -0.1) is 11.8 Å². The normalized spacial score (nSPS) is 17.5. The maximum Gasteiger partial charge on any atom is 0.245 e. The molecule has 1 aromatic carbocycles. The van der Waals surface area contributed by atoms with E-state index in [0.29, 0.717) is 24.6 Å². The molecule has 0 saturated carbocycles. The van der Waals surface area contributed by atoms with Gasteiger partial charge in [0.25, 0.3) is 0 Å². The summed E-state index contributed by atoms with van der Waals surface area (Å²) in [5.74, 6) is 0.536. The van der Waals surface area contributed by atoms with E-state index in [-0.39, 0.29) is 17.6 Å². The van der Waals surface area contributed by atoms with Crippen molar-refractivity contribution in [3.8, 4) is 0 Å². The Bertz CT molecular complexity index is 531. The summed E-state index contributed by atoms with van der Waals surface area (Å²) in [5.41, 5.74) is 0.177. The number of nitrogens with zero attached hydrogens (tertiary/aromatic N) is 1. The van der Waals surface area contributed by atoms with Gasteiger partial charge in [0.15, 0.2) is 0 Å². The van der Waals surface area contributed by atoms with Gasteiger partial charge < -0.3 is 10.2 Å². The van der Waals surface area contributed by atoms with E-state index < -0.39 is 5.54 Å². The summed E-state index contributed by atoms with van der Waals surface area (Å²) in [4.78, 5) is 25.7. The molecule has 4 nitrogen and oxygen atoms in total. The first-order chi connectivity index (χ1) is 9.91. The Balaban J connectivity index is 1.87. The topological polar surface area (TPSA) is 49.4 Å². The number of amides is 2. The van der Waals surface area contributed by atoms with Crippen molar-refractivity contribution in [3.05, 3.63) is 35.6 Å². The van der Waals surface area contributed by atoms with Crippen LogP contribution in [-0.4, -0.2) is 41.1 Å². The van der Waals surface area contributed by atoms with Crippen LogP contribution in [0.25, 0.3) is 0 Å². The highest BCUT2D eigenvalue weighted by Crippen LogP contribution is 2.20. The number of rotatable bonds is 4. The number of thioether (sulfide) groups is 1. The van der Waals surface area contributed by atoms with Crippen LogP contribution in [0.15, 0.2) is 24.3 Å². The Hall–Kier alpha value is -1.56. The molecule has 1 fully saturated rings. The van der Waals surface area contributed by atoms with Gasteiger partial charge in [0.05, 0.1) is 5.75 Å². The van der Waals surface area contributed by atoms with Crippen molar-refractivity contribution < 1.29 is 14.0 Å². The molecule has 114 valence electrons. The number of hydrogen-bond donors (Lipinski definition) is 1. The molecule has 1 N–H and O–H groups in total. The Kier molecular flexibility index (Phi) is 4.88. The zero-order valence-electron chi connectivity index (χ0n) is 12.2. The van der Waals surface area contributed by atoms with Gasteiger partial charge in [-0.3, -0.25) is 9.59 Å². The molecule has 1 aliphatic rings. The Morgan fingerprint density at radius 2 is 2.05 bits per heavy atom. The van der Waals surface area contributed by atoms with Crippen LogP contribution >= 0.6 is 11.8 Å². The molecule has 0 spiro atoms. The highest BCUT2D eigenvalue weighted by atomic mass is 32.2. The smallest absolute Gasteiger partial charge is 0.245 e. The van der Waals surface area contributed by atoms with E-state index in [2.05, 4.69) is 5.32 Å². The summed E-state index contributed by atoms with van der Waals surface area (Å²) in [5, 5.41) is 2.77. The average molecular weight is 310 g/mol. The highest BCUT2D eigenvalue weighted by Gasteiger charge is 2.39. The fourth-order valence-electron chi connectivity index (χ4n) is 2.25. The molecule has 0 aliphatic carbocycles. The number of carbonyl (C=O) groups excluding carboxylic acids is 2. The molecule has 0 aromatic heterocycles. The quantitative estimate of drug-likeness (QED) is 0.922. The van der Waals surface area contributed by atoms with E-state index in [1.165, 1.54) is 23.9 Å². The summed E-state index contributed by atoms with van der Waals surface area (Å²) in [6, 6.07) is 6.25. The van der Waals surface area contributed by atoms with E-state index in [1.807, 2.05) is 0 Å². The Morgan fingerprint density at radius 3 is 2.71 bits per heavy atom. The van der Waals surface area contributed by atoms with Crippen molar-refractivity contribution in [3.63, 3.8) is 0 Å². The van der Waals surface area contributed by atoms with Crippen LogP contribution in [0.2, 0.25) is 0 Å². The van der Waals surface area contributed by atoms with E-state index in [9.17, 15) is 14.0 Å². The van der Waals surface area contributed by atoms with Crippen molar-refractivity contribution in [2.75, 3.05) is 18.8 Å². The second kappa shape index (κ2) is 6.47. The first-order valence-corrected chi connectivity index (χ1v) is 7.97. The fraction of sp³-hybridized carbons (Fsp3) is 0.467. The first-order valence-electron chi connectivity index (χ1n) is 6.82. The van der Waals surface area contributed by atoms with Crippen LogP contribution in [0.3, 0.4) is 0 Å². The van der Waals surface area contributed by atoms with Gasteiger partial charge in [0.1, 0.15) is 11.4 Å². The van der Waals surface area contributed by atoms with Gasteiger partial charge in [-0.2, -0.15) is 0 Å². The molecule has 21 heavy (non-hydrogen) atoms. The minimum Gasteiger partial charge on any atom is -0.352 e. The Labute approximate surface area is 128 Å². The summed E-state index contributed by atoms with van der Waals surface area (Å²) < 4.78 is 12.8. The lowest BCUT2D eigenvalue weighted by Crippen LogP contribution is -2.63. The number of carbonyl (C=O) groups is 2. The highest BCUT2D eigenvalue weighted by molar-refractivity contribution is 7.99. The minimum absolute atomic E-state index is 0.0399. The third kappa shape index (κ3) is 3.75. The van der Waals surface area contributed by atoms with Gasteiger partial charge in [0, 0.05) is 18.8 Å². The minimum atomic E-state index is -0.800. The molecular weight excluding hydrogens is 291 g/mol. The zero-order chi connectivity index (χ0) is 15.5. The van der Waals surface area contributed by atoms with Crippen molar-refractivity contribution >= 4 is 23.6 Å². The molecular formula is C15H19FN2O2S. The predicted octanol–water partition coefficient (Wildman–Crippen LogP) is 1.80. The summed E-state index contributed by atoms with van der Waals surface area (Å²) in [7, 11) is 0. The largest absolute Gasteiger partial charge is 0.352 e. The fourth-order valence-corrected chi connectivity index (χ4v) is 3.11. The third-order valence-corrected chi connectivity index (χ3v) is 4.55. The van der Waals surface area contributed by atoms with Gasteiger partial charge in [0.2, 0.25) is 11.8 Å². The lowest BCUT2D eigenvalue weighted by atomic mass is 9.99. The summed E-state index contributed by atoms with van der Waals surface area (Å²) >= 11 is 1.47. The van der Waals surface area contributed by atoms with E-state index in [4.69, 9.17) is 0 Å². The van der Waals surface area contributed by atoms with Crippen molar-refractivity contribution in [1.29, 1.82) is 0 Å². The van der Waals surface area contributed by atoms with Crippen LogP contribution in [-0.2, 0) is 15.3 Å². The lowest BCUT2D eigenvalue weighted by molar-refractivity contribution is -0.147. The number of hydrogen-bond acceptors (Lipinski definition) is 3. The Morgan fingerprint density at radius 1 is 1.38 bits per heavy atom.